The van der Waals surface area contributed by atoms with Gasteiger partial charge in [-0.2, -0.15) is 9.78 Å². The number of fused-ring (bicyclic) bond motifs is 1. The van der Waals surface area contributed by atoms with Gasteiger partial charge >= 0.3 is 0 Å². The third-order valence-corrected chi connectivity index (χ3v) is 6.24. The van der Waals surface area contributed by atoms with E-state index in [1.165, 1.54) is 10.7 Å². The summed E-state index contributed by atoms with van der Waals surface area (Å²) in [7, 11) is 1.60. The van der Waals surface area contributed by atoms with E-state index in [-0.39, 0.29) is 11.5 Å². The largest absolute Gasteiger partial charge is 0.497 e. The summed E-state index contributed by atoms with van der Waals surface area (Å²) < 4.78 is 8.48. The van der Waals surface area contributed by atoms with Crippen molar-refractivity contribution in [1.29, 1.82) is 0 Å². The summed E-state index contributed by atoms with van der Waals surface area (Å²) in [6.45, 7) is 3.73. The number of aryl methyl sites for hydroxylation is 1. The molecule has 0 fully saturated rings. The van der Waals surface area contributed by atoms with Crippen LogP contribution in [0.1, 0.15) is 33.0 Å². The molecule has 0 unspecified atom stereocenters. The van der Waals surface area contributed by atoms with E-state index >= 15 is 0 Å². The molecule has 0 bridgehead atoms. The first-order valence-corrected chi connectivity index (χ1v) is 11.3. The Balaban J connectivity index is 1.61. The van der Waals surface area contributed by atoms with Gasteiger partial charge in [0.1, 0.15) is 5.75 Å². The van der Waals surface area contributed by atoms with Crippen LogP contribution in [0.3, 0.4) is 0 Å². The summed E-state index contributed by atoms with van der Waals surface area (Å²) in [5.74, 6) is 0.919. The Morgan fingerprint density at radius 1 is 1.03 bits per heavy atom. The van der Waals surface area contributed by atoms with Gasteiger partial charge in [0, 0.05) is 39.8 Å². The molecule has 5 rings (SSSR count). The lowest BCUT2D eigenvalue weighted by Crippen LogP contribution is -2.15. The zero-order valence-corrected chi connectivity index (χ0v) is 20.1. The fourth-order valence-electron chi connectivity index (χ4n) is 4.20. The molecule has 1 N–H and O–H groups in total. The van der Waals surface area contributed by atoms with Crippen LogP contribution in [-0.2, 0) is 6.42 Å². The number of carbonyl (C=O) groups is 1. The Morgan fingerprint density at radius 2 is 1.80 bits per heavy atom. The van der Waals surface area contributed by atoms with Crippen molar-refractivity contribution in [2.75, 3.05) is 7.11 Å². The fourth-order valence-corrected chi connectivity index (χ4v) is 4.33. The van der Waals surface area contributed by atoms with Crippen LogP contribution >= 0.6 is 11.6 Å². The highest BCUT2D eigenvalue weighted by molar-refractivity contribution is 6.30. The molecule has 3 heterocycles. The molecule has 0 amide bonds. The first-order valence-electron chi connectivity index (χ1n) is 11.0. The standard InChI is InChI=1S/C26H22ClN5O3/c1-15-4-11-24(29-28-15)32-25(33)13-19(30-32)12-21-16(2)31(23-10-9-20(35-3)14-22(21)23)26(34)17-5-7-18(27)8-6-17/h4-11,13-14,30H,12H2,1-3H3. The average Bonchev–Trinajstić information content (AvgIpc) is 3.36. The van der Waals surface area contributed by atoms with Crippen molar-refractivity contribution >= 4 is 28.4 Å². The van der Waals surface area contributed by atoms with Crippen LogP contribution in [0.5, 0.6) is 5.75 Å². The molecule has 0 aliphatic heterocycles. The number of methoxy groups -OCH3 is 1. The van der Waals surface area contributed by atoms with E-state index in [4.69, 9.17) is 16.3 Å². The van der Waals surface area contributed by atoms with Gasteiger partial charge < -0.3 is 4.74 Å². The number of halogens is 1. The fraction of sp³-hybridized carbons (Fsp3) is 0.154. The van der Waals surface area contributed by atoms with Gasteiger partial charge in [-0.05, 0) is 74.0 Å². The first kappa shape index (κ1) is 22.6. The van der Waals surface area contributed by atoms with Gasteiger partial charge in [-0.1, -0.05) is 11.6 Å². The Labute approximate surface area is 205 Å². The quantitative estimate of drug-likeness (QED) is 0.394. The minimum absolute atomic E-state index is 0.165. The van der Waals surface area contributed by atoms with Gasteiger partial charge in [0.2, 0.25) is 0 Å². The van der Waals surface area contributed by atoms with Crippen molar-refractivity contribution in [3.8, 4) is 11.6 Å². The molecule has 0 aliphatic rings. The second-order valence-corrected chi connectivity index (χ2v) is 8.70. The van der Waals surface area contributed by atoms with Gasteiger partial charge in [0.15, 0.2) is 5.82 Å². The molecular formula is C26H22ClN5O3. The zero-order chi connectivity index (χ0) is 24.7. The van der Waals surface area contributed by atoms with Crippen LogP contribution in [0.2, 0.25) is 5.02 Å². The van der Waals surface area contributed by atoms with Crippen molar-refractivity contribution in [2.24, 2.45) is 0 Å². The Bertz CT molecular complexity index is 1610. The lowest BCUT2D eigenvalue weighted by atomic mass is 10.1. The summed E-state index contributed by atoms with van der Waals surface area (Å²) in [4.78, 5) is 26.2. The van der Waals surface area contributed by atoms with E-state index in [9.17, 15) is 9.59 Å². The number of carbonyl (C=O) groups excluding carboxylic acids is 1. The molecule has 9 heteroatoms. The Morgan fingerprint density at radius 3 is 2.49 bits per heavy atom. The third kappa shape index (κ3) is 4.13. The maximum absolute atomic E-state index is 13.5. The minimum atomic E-state index is -0.241. The van der Waals surface area contributed by atoms with Crippen LogP contribution in [-0.4, -0.2) is 37.6 Å². The van der Waals surface area contributed by atoms with Crippen LogP contribution in [0.25, 0.3) is 16.7 Å². The number of aromatic nitrogens is 5. The molecule has 0 aliphatic carbocycles. The highest BCUT2D eigenvalue weighted by Gasteiger charge is 2.21. The number of benzene rings is 2. The summed E-state index contributed by atoms with van der Waals surface area (Å²) in [6, 6.07) is 17.5. The predicted molar refractivity (Wildman–Crippen MR) is 134 cm³/mol. The van der Waals surface area contributed by atoms with E-state index in [2.05, 4.69) is 15.3 Å². The molecule has 176 valence electrons. The summed E-state index contributed by atoms with van der Waals surface area (Å²) >= 11 is 6.01. The van der Waals surface area contributed by atoms with E-state index < -0.39 is 0 Å². The number of rotatable bonds is 5. The maximum Gasteiger partial charge on any atom is 0.272 e. The number of nitrogens with zero attached hydrogens (tertiary/aromatic N) is 4. The molecule has 3 aromatic heterocycles. The number of ether oxygens (including phenoxy) is 1. The van der Waals surface area contributed by atoms with E-state index in [1.807, 2.05) is 32.0 Å². The van der Waals surface area contributed by atoms with Gasteiger partial charge in [-0.25, -0.2) is 0 Å². The number of hydrogen-bond acceptors (Lipinski definition) is 5. The Hall–Kier alpha value is -4.17. The normalized spacial score (nSPS) is 11.2. The van der Waals surface area contributed by atoms with Crippen LogP contribution in [0, 0.1) is 13.8 Å². The van der Waals surface area contributed by atoms with Crippen molar-refractivity contribution < 1.29 is 9.53 Å². The molecule has 2 aromatic carbocycles. The maximum atomic E-state index is 13.5. The molecule has 5 aromatic rings. The third-order valence-electron chi connectivity index (χ3n) is 5.99. The van der Waals surface area contributed by atoms with Crippen LogP contribution in [0.15, 0.2) is 65.5 Å². The SMILES string of the molecule is COc1ccc2c(c1)c(Cc1cc(=O)n(-c3ccc(C)nn3)[nH]1)c(C)n2C(=O)c1ccc(Cl)cc1. The second-order valence-electron chi connectivity index (χ2n) is 8.26. The van der Waals surface area contributed by atoms with Crippen LogP contribution < -0.4 is 10.3 Å². The minimum Gasteiger partial charge on any atom is -0.497 e. The molecule has 8 nitrogen and oxygen atoms in total. The van der Waals surface area contributed by atoms with E-state index in [0.29, 0.717) is 34.3 Å². The highest BCUT2D eigenvalue weighted by Crippen LogP contribution is 2.31. The summed E-state index contributed by atoms with van der Waals surface area (Å²) in [5.41, 5.74) is 4.16. The predicted octanol–water partition coefficient (Wildman–Crippen LogP) is 4.47. The monoisotopic (exact) mass is 487 g/mol. The van der Waals surface area contributed by atoms with E-state index in [1.54, 1.807) is 48.1 Å². The van der Waals surface area contributed by atoms with Gasteiger partial charge in [-0.15, -0.1) is 5.10 Å². The summed E-state index contributed by atoms with van der Waals surface area (Å²) in [5, 5.41) is 12.7. The molecular weight excluding hydrogens is 466 g/mol. The van der Waals surface area contributed by atoms with Crippen molar-refractivity contribution in [2.45, 2.75) is 20.3 Å². The summed E-state index contributed by atoms with van der Waals surface area (Å²) in [6.07, 6.45) is 0.401. The zero-order valence-electron chi connectivity index (χ0n) is 19.4. The van der Waals surface area contributed by atoms with Crippen molar-refractivity contribution in [3.63, 3.8) is 0 Å². The molecule has 0 saturated carbocycles. The number of H-pyrrole nitrogens is 1. The molecule has 0 saturated heterocycles. The smallest absolute Gasteiger partial charge is 0.272 e. The van der Waals surface area contributed by atoms with E-state index in [0.717, 1.165) is 27.9 Å². The van der Waals surface area contributed by atoms with Gasteiger partial charge in [0.05, 0.1) is 18.3 Å². The topological polar surface area (TPSA) is 94.8 Å². The number of aromatic amines is 1. The number of hydrogen-bond donors (Lipinski definition) is 1. The average molecular weight is 488 g/mol. The lowest BCUT2D eigenvalue weighted by Gasteiger charge is -2.08. The van der Waals surface area contributed by atoms with Crippen molar-refractivity contribution in [1.82, 2.24) is 24.5 Å². The first-order chi connectivity index (χ1) is 16.9. The Kier molecular flexibility index (Phi) is 5.74. The molecule has 0 spiro atoms. The molecule has 0 atom stereocenters. The van der Waals surface area contributed by atoms with Gasteiger partial charge in [0.25, 0.3) is 11.5 Å². The second kappa shape index (κ2) is 8.88. The lowest BCUT2D eigenvalue weighted by molar-refractivity contribution is 0.0963. The molecule has 35 heavy (non-hydrogen) atoms. The highest BCUT2D eigenvalue weighted by atomic mass is 35.5. The van der Waals surface area contributed by atoms with Crippen LogP contribution in [0.4, 0.5) is 0 Å². The van der Waals surface area contributed by atoms with Gasteiger partial charge in [-0.3, -0.25) is 19.3 Å². The molecule has 0 radical (unpaired) electrons. The van der Waals surface area contributed by atoms with Crippen molar-refractivity contribution in [3.05, 3.63) is 104 Å². The number of nitrogens with one attached hydrogen (secondary N) is 1.